The molecule has 0 spiro atoms. The van der Waals surface area contributed by atoms with Crippen LogP contribution in [0.3, 0.4) is 0 Å². The number of rotatable bonds is 9. The molecule has 1 aliphatic rings. The first-order chi connectivity index (χ1) is 15.6. The van der Waals surface area contributed by atoms with Crippen LogP contribution in [0.2, 0.25) is 0 Å². The molecular formula is C24H33ClN2O6. The zero-order valence-corrected chi connectivity index (χ0v) is 20.4. The average Bonchev–Trinajstić information content (AvgIpc) is 2.84. The van der Waals surface area contributed by atoms with Gasteiger partial charge < -0.3 is 34.3 Å². The molecule has 1 atom stereocenters. The number of benzene rings is 2. The molecule has 1 amide bonds. The van der Waals surface area contributed by atoms with Gasteiger partial charge in [-0.15, -0.1) is 12.4 Å². The molecule has 1 heterocycles. The number of carbonyl (C=O) groups is 1. The SMILES string of the molecule is CCC1CN(C(=O)c2cc(Oc3ccc(CCN)cc3)c(OC)c(OC)c2OC)CCO1.Cl. The highest BCUT2D eigenvalue weighted by atomic mass is 35.5. The molecule has 3 rings (SSSR count). The molecule has 2 aromatic carbocycles. The Labute approximate surface area is 201 Å². The number of nitrogens with two attached hydrogens (primary N) is 1. The summed E-state index contributed by atoms with van der Waals surface area (Å²) in [6, 6.07) is 9.28. The van der Waals surface area contributed by atoms with Gasteiger partial charge in [0.2, 0.25) is 11.5 Å². The largest absolute Gasteiger partial charge is 0.492 e. The fraction of sp³-hybridized carbons (Fsp3) is 0.458. The predicted molar refractivity (Wildman–Crippen MR) is 129 cm³/mol. The first kappa shape index (κ1) is 26.6. The molecule has 2 N–H and O–H groups in total. The van der Waals surface area contributed by atoms with E-state index in [1.165, 1.54) is 21.3 Å². The van der Waals surface area contributed by atoms with Crippen molar-refractivity contribution in [3.05, 3.63) is 41.5 Å². The third kappa shape index (κ3) is 6.01. The van der Waals surface area contributed by atoms with E-state index in [0.717, 1.165) is 18.4 Å². The molecule has 0 bridgehead atoms. The summed E-state index contributed by atoms with van der Waals surface area (Å²) in [5.74, 6) is 1.75. The summed E-state index contributed by atoms with van der Waals surface area (Å²) >= 11 is 0. The van der Waals surface area contributed by atoms with Crippen LogP contribution in [0.4, 0.5) is 0 Å². The van der Waals surface area contributed by atoms with E-state index in [9.17, 15) is 4.79 Å². The van der Waals surface area contributed by atoms with Crippen molar-refractivity contribution in [1.82, 2.24) is 4.90 Å². The third-order valence-corrected chi connectivity index (χ3v) is 5.46. The number of ether oxygens (including phenoxy) is 5. The highest BCUT2D eigenvalue weighted by molar-refractivity contribution is 5.99. The molecule has 1 aliphatic heterocycles. The molecule has 33 heavy (non-hydrogen) atoms. The lowest BCUT2D eigenvalue weighted by Gasteiger charge is -2.33. The quantitative estimate of drug-likeness (QED) is 0.585. The minimum Gasteiger partial charge on any atom is -0.492 e. The van der Waals surface area contributed by atoms with Crippen molar-refractivity contribution >= 4 is 18.3 Å². The average molecular weight is 481 g/mol. The lowest BCUT2D eigenvalue weighted by Crippen LogP contribution is -2.45. The summed E-state index contributed by atoms with van der Waals surface area (Å²) in [5, 5.41) is 0. The van der Waals surface area contributed by atoms with Gasteiger partial charge in [0.15, 0.2) is 11.5 Å². The highest BCUT2D eigenvalue weighted by Gasteiger charge is 2.31. The van der Waals surface area contributed by atoms with Gasteiger partial charge in [0, 0.05) is 19.2 Å². The summed E-state index contributed by atoms with van der Waals surface area (Å²) in [5.41, 5.74) is 7.09. The van der Waals surface area contributed by atoms with Crippen LogP contribution in [0.1, 0.15) is 29.3 Å². The van der Waals surface area contributed by atoms with E-state index in [1.807, 2.05) is 31.2 Å². The van der Waals surface area contributed by atoms with E-state index >= 15 is 0 Å². The number of hydrogen-bond donors (Lipinski definition) is 1. The Morgan fingerprint density at radius 2 is 1.76 bits per heavy atom. The number of carbonyl (C=O) groups excluding carboxylic acids is 1. The van der Waals surface area contributed by atoms with Gasteiger partial charge in [-0.2, -0.15) is 0 Å². The van der Waals surface area contributed by atoms with E-state index in [-0.39, 0.29) is 24.4 Å². The standard InChI is InChI=1S/C24H32N2O6.ClH/c1-5-17-15-26(12-13-31-17)24(27)19-14-20(22(29-3)23(30-4)21(19)28-2)32-18-8-6-16(7-9-18)10-11-25;/h6-9,14,17H,5,10-13,15,25H2,1-4H3;1H. The molecule has 2 aromatic rings. The Morgan fingerprint density at radius 1 is 1.09 bits per heavy atom. The van der Waals surface area contributed by atoms with E-state index in [0.29, 0.717) is 60.6 Å². The van der Waals surface area contributed by atoms with Gasteiger partial charge >= 0.3 is 0 Å². The molecule has 0 radical (unpaired) electrons. The minimum absolute atomic E-state index is 0. The van der Waals surface area contributed by atoms with Crippen molar-refractivity contribution in [2.75, 3.05) is 47.6 Å². The van der Waals surface area contributed by atoms with Crippen molar-refractivity contribution in [3.8, 4) is 28.7 Å². The second kappa shape index (κ2) is 12.5. The number of morpholine rings is 1. The molecule has 1 fully saturated rings. The van der Waals surface area contributed by atoms with Crippen LogP contribution in [0, 0.1) is 0 Å². The van der Waals surface area contributed by atoms with Crippen LogP contribution < -0.4 is 24.7 Å². The van der Waals surface area contributed by atoms with Crippen LogP contribution in [0.5, 0.6) is 28.7 Å². The van der Waals surface area contributed by atoms with Crippen molar-refractivity contribution in [3.63, 3.8) is 0 Å². The van der Waals surface area contributed by atoms with Crippen molar-refractivity contribution < 1.29 is 28.5 Å². The summed E-state index contributed by atoms with van der Waals surface area (Å²) < 4.78 is 28.5. The van der Waals surface area contributed by atoms with E-state index < -0.39 is 0 Å². The van der Waals surface area contributed by atoms with Crippen molar-refractivity contribution in [1.29, 1.82) is 0 Å². The first-order valence-corrected chi connectivity index (χ1v) is 10.8. The van der Waals surface area contributed by atoms with Gasteiger partial charge in [0.25, 0.3) is 5.91 Å². The van der Waals surface area contributed by atoms with Crippen LogP contribution in [-0.4, -0.2) is 64.5 Å². The summed E-state index contributed by atoms with van der Waals surface area (Å²) in [6.45, 7) is 4.14. The topological polar surface area (TPSA) is 92.5 Å². The number of amides is 1. The molecule has 1 saturated heterocycles. The van der Waals surface area contributed by atoms with E-state index in [2.05, 4.69) is 0 Å². The van der Waals surface area contributed by atoms with Crippen LogP contribution >= 0.6 is 12.4 Å². The van der Waals surface area contributed by atoms with Crippen molar-refractivity contribution in [2.24, 2.45) is 5.73 Å². The second-order valence-electron chi connectivity index (χ2n) is 7.46. The zero-order valence-electron chi connectivity index (χ0n) is 19.6. The second-order valence-corrected chi connectivity index (χ2v) is 7.46. The van der Waals surface area contributed by atoms with Gasteiger partial charge in [0.05, 0.1) is 39.6 Å². The molecule has 182 valence electrons. The maximum absolute atomic E-state index is 13.5. The fourth-order valence-corrected chi connectivity index (χ4v) is 3.75. The van der Waals surface area contributed by atoms with Crippen LogP contribution in [0.25, 0.3) is 0 Å². The Kier molecular flexibility index (Phi) is 10.1. The van der Waals surface area contributed by atoms with Gasteiger partial charge in [-0.3, -0.25) is 4.79 Å². The van der Waals surface area contributed by atoms with E-state index in [4.69, 9.17) is 29.4 Å². The lowest BCUT2D eigenvalue weighted by atomic mass is 10.1. The third-order valence-electron chi connectivity index (χ3n) is 5.46. The number of methoxy groups -OCH3 is 3. The maximum Gasteiger partial charge on any atom is 0.258 e. The van der Waals surface area contributed by atoms with Crippen LogP contribution in [-0.2, 0) is 11.2 Å². The first-order valence-electron chi connectivity index (χ1n) is 10.8. The minimum atomic E-state index is -0.173. The van der Waals surface area contributed by atoms with Gasteiger partial charge in [0.1, 0.15) is 5.75 Å². The van der Waals surface area contributed by atoms with Gasteiger partial charge in [-0.05, 0) is 37.1 Å². The molecular weight excluding hydrogens is 448 g/mol. The summed E-state index contributed by atoms with van der Waals surface area (Å²) in [7, 11) is 4.52. The molecule has 8 nitrogen and oxygen atoms in total. The van der Waals surface area contributed by atoms with Crippen LogP contribution in [0.15, 0.2) is 30.3 Å². The lowest BCUT2D eigenvalue weighted by molar-refractivity contribution is -0.0227. The fourth-order valence-electron chi connectivity index (χ4n) is 3.75. The normalized spacial score (nSPS) is 15.4. The molecule has 9 heteroatoms. The zero-order chi connectivity index (χ0) is 23.1. The molecule has 1 unspecified atom stereocenters. The van der Waals surface area contributed by atoms with Gasteiger partial charge in [-0.1, -0.05) is 19.1 Å². The number of halogens is 1. The Morgan fingerprint density at radius 3 is 2.33 bits per heavy atom. The van der Waals surface area contributed by atoms with E-state index in [1.54, 1.807) is 11.0 Å². The summed E-state index contributed by atoms with van der Waals surface area (Å²) in [4.78, 5) is 15.2. The highest BCUT2D eigenvalue weighted by Crippen LogP contribution is 2.48. The summed E-state index contributed by atoms with van der Waals surface area (Å²) in [6.07, 6.45) is 1.64. The Balaban J connectivity index is 0.00000385. The molecule has 0 aliphatic carbocycles. The van der Waals surface area contributed by atoms with Crippen molar-refractivity contribution in [2.45, 2.75) is 25.9 Å². The number of nitrogens with zero attached hydrogens (tertiary/aromatic N) is 1. The molecule has 0 saturated carbocycles. The predicted octanol–water partition coefficient (Wildman–Crippen LogP) is 3.68. The molecule has 0 aromatic heterocycles. The monoisotopic (exact) mass is 480 g/mol. The number of hydrogen-bond acceptors (Lipinski definition) is 7. The Hall–Kier alpha value is -2.68. The van der Waals surface area contributed by atoms with Gasteiger partial charge in [-0.25, -0.2) is 0 Å². The Bertz CT molecular complexity index is 922. The smallest absolute Gasteiger partial charge is 0.258 e. The maximum atomic E-state index is 13.5.